The fraction of sp³-hybridized carbons (Fsp3) is 0.231. The molecule has 0 spiro atoms. The van der Waals surface area contributed by atoms with Crippen LogP contribution in [0.15, 0.2) is 38.6 Å². The second-order valence-corrected chi connectivity index (χ2v) is 4.10. The van der Waals surface area contributed by atoms with E-state index in [1.165, 1.54) is 12.1 Å². The molecular weight excluding hydrogens is 294 g/mol. The van der Waals surface area contributed by atoms with E-state index in [9.17, 15) is 9.59 Å². The van der Waals surface area contributed by atoms with E-state index in [0.29, 0.717) is 11.1 Å². The summed E-state index contributed by atoms with van der Waals surface area (Å²) in [6, 6.07) is 6.20. The third-order valence-electron chi connectivity index (χ3n) is 2.56. The number of fused-ring (bicyclic) bond motifs is 1. The van der Waals surface area contributed by atoms with Crippen LogP contribution in [-0.4, -0.2) is 30.9 Å². The number of benzene rings is 1. The Morgan fingerprint density at radius 1 is 1.36 bits per heavy atom. The van der Waals surface area contributed by atoms with Crippen molar-refractivity contribution < 1.29 is 23.8 Å². The van der Waals surface area contributed by atoms with E-state index in [0.717, 1.165) is 0 Å². The van der Waals surface area contributed by atoms with Crippen molar-refractivity contribution in [2.45, 2.75) is 0 Å². The van der Waals surface area contributed by atoms with Crippen LogP contribution >= 0.6 is 0 Å². The maximum Gasteiger partial charge on any atom is 0.345 e. The van der Waals surface area contributed by atoms with E-state index in [2.05, 4.69) is 10.0 Å². The van der Waals surface area contributed by atoms with E-state index >= 15 is 0 Å². The Labute approximate surface area is 123 Å². The summed E-state index contributed by atoms with van der Waals surface area (Å²) in [4.78, 5) is 24.3. The summed E-state index contributed by atoms with van der Waals surface area (Å²) in [5.41, 5.74) is 7.76. The normalized spacial score (nSPS) is 10.2. The highest BCUT2D eigenvalue weighted by atomic mass is 16.5. The molecule has 0 aliphatic rings. The predicted molar refractivity (Wildman–Crippen MR) is 75.2 cm³/mol. The van der Waals surface area contributed by atoms with Gasteiger partial charge in [-0.2, -0.15) is 0 Å². The summed E-state index contributed by atoms with van der Waals surface area (Å²) in [5, 5.41) is 12.2. The molecule has 0 aliphatic carbocycles. The van der Waals surface area contributed by atoms with Crippen molar-refractivity contribution in [3.05, 3.63) is 45.1 Å². The molecular formula is C13H11N3O6. The van der Waals surface area contributed by atoms with Crippen LogP contribution in [0.4, 0.5) is 5.69 Å². The van der Waals surface area contributed by atoms with Crippen molar-refractivity contribution in [3.63, 3.8) is 0 Å². The molecule has 0 radical (unpaired) electrons. The number of nitrogens with zero attached hydrogens (tertiary/aromatic N) is 3. The average molecular weight is 305 g/mol. The monoisotopic (exact) mass is 305 g/mol. The zero-order chi connectivity index (χ0) is 15.9. The second-order valence-electron chi connectivity index (χ2n) is 4.10. The second kappa shape index (κ2) is 7.11. The standard InChI is InChI=1S/C13H11N3O6/c14-16-15-10-5-8-1-2-9(6-11(8)22-13(10)19)21-4-3-20-7-12(17)18/h1-2,5-6H,3-4,7H2,(H,17,18). The Morgan fingerprint density at radius 3 is 2.91 bits per heavy atom. The number of carboxylic acid groups (broad SMARTS) is 1. The van der Waals surface area contributed by atoms with Gasteiger partial charge in [0.15, 0.2) is 0 Å². The molecule has 114 valence electrons. The summed E-state index contributed by atoms with van der Waals surface area (Å²) in [6.07, 6.45) is 0. The first-order valence-corrected chi connectivity index (χ1v) is 6.15. The number of hydrogen-bond donors (Lipinski definition) is 1. The van der Waals surface area contributed by atoms with Gasteiger partial charge in [-0.15, -0.1) is 0 Å². The lowest BCUT2D eigenvalue weighted by molar-refractivity contribution is -0.142. The van der Waals surface area contributed by atoms with Gasteiger partial charge in [-0.05, 0) is 23.7 Å². The van der Waals surface area contributed by atoms with Gasteiger partial charge in [-0.1, -0.05) is 5.11 Å². The molecule has 9 nitrogen and oxygen atoms in total. The minimum atomic E-state index is -1.05. The molecule has 0 unspecified atom stereocenters. The first-order chi connectivity index (χ1) is 10.6. The highest BCUT2D eigenvalue weighted by Crippen LogP contribution is 2.22. The highest BCUT2D eigenvalue weighted by Gasteiger charge is 2.05. The lowest BCUT2D eigenvalue weighted by atomic mass is 10.2. The Kier molecular flexibility index (Phi) is 4.97. The number of carboxylic acids is 1. The first-order valence-electron chi connectivity index (χ1n) is 6.15. The third-order valence-corrected chi connectivity index (χ3v) is 2.56. The molecule has 9 heteroatoms. The Balaban J connectivity index is 2.07. The zero-order valence-corrected chi connectivity index (χ0v) is 11.3. The summed E-state index contributed by atoms with van der Waals surface area (Å²) >= 11 is 0. The molecule has 0 aliphatic heterocycles. The maximum absolute atomic E-state index is 11.5. The number of azide groups is 1. The van der Waals surface area contributed by atoms with E-state index in [4.69, 9.17) is 24.5 Å². The molecule has 0 saturated heterocycles. The van der Waals surface area contributed by atoms with Crippen molar-refractivity contribution >= 4 is 22.6 Å². The minimum Gasteiger partial charge on any atom is -0.491 e. The van der Waals surface area contributed by atoms with Crippen molar-refractivity contribution in [1.29, 1.82) is 0 Å². The first kappa shape index (κ1) is 15.4. The van der Waals surface area contributed by atoms with Crippen molar-refractivity contribution in [3.8, 4) is 5.75 Å². The van der Waals surface area contributed by atoms with Crippen molar-refractivity contribution in [2.75, 3.05) is 19.8 Å². The molecule has 1 N–H and O–H groups in total. The van der Waals surface area contributed by atoms with Gasteiger partial charge < -0.3 is 19.0 Å². The molecule has 2 rings (SSSR count). The molecule has 0 saturated carbocycles. The van der Waals surface area contributed by atoms with Gasteiger partial charge in [0.05, 0.1) is 6.61 Å². The molecule has 0 fully saturated rings. The number of hydrogen-bond acceptors (Lipinski definition) is 6. The van der Waals surface area contributed by atoms with Crippen molar-refractivity contribution in [1.82, 2.24) is 0 Å². The Hall–Kier alpha value is -3.03. The quantitative estimate of drug-likeness (QED) is 0.274. The van der Waals surface area contributed by atoms with E-state index < -0.39 is 18.2 Å². The highest BCUT2D eigenvalue weighted by molar-refractivity contribution is 5.80. The van der Waals surface area contributed by atoms with Crippen LogP contribution in [-0.2, 0) is 9.53 Å². The fourth-order valence-corrected chi connectivity index (χ4v) is 1.67. The van der Waals surface area contributed by atoms with Gasteiger partial charge in [0.2, 0.25) is 0 Å². The Bertz CT molecular complexity index is 794. The molecule has 0 atom stereocenters. The summed E-state index contributed by atoms with van der Waals surface area (Å²) < 4.78 is 15.2. The molecule has 1 heterocycles. The van der Waals surface area contributed by atoms with Gasteiger partial charge in [-0.25, -0.2) is 9.59 Å². The smallest absolute Gasteiger partial charge is 0.345 e. The van der Waals surface area contributed by atoms with E-state index in [1.54, 1.807) is 12.1 Å². The number of aliphatic carboxylic acids is 1. The number of carbonyl (C=O) groups is 1. The van der Waals surface area contributed by atoms with Crippen LogP contribution in [0, 0.1) is 0 Å². The zero-order valence-electron chi connectivity index (χ0n) is 11.3. The van der Waals surface area contributed by atoms with E-state index in [1.807, 2.05) is 0 Å². The van der Waals surface area contributed by atoms with Gasteiger partial charge in [0.25, 0.3) is 0 Å². The molecule has 0 amide bonds. The number of ether oxygens (including phenoxy) is 2. The van der Waals surface area contributed by atoms with Gasteiger partial charge >= 0.3 is 11.6 Å². The summed E-state index contributed by atoms with van der Waals surface area (Å²) in [6.45, 7) is -0.123. The molecule has 2 aromatic rings. The van der Waals surface area contributed by atoms with Crippen LogP contribution in [0.3, 0.4) is 0 Å². The van der Waals surface area contributed by atoms with Crippen LogP contribution in [0.2, 0.25) is 0 Å². The maximum atomic E-state index is 11.5. The lowest BCUT2D eigenvalue weighted by Crippen LogP contribution is -2.12. The van der Waals surface area contributed by atoms with Gasteiger partial charge in [-0.3, -0.25) is 0 Å². The molecule has 0 bridgehead atoms. The predicted octanol–water partition coefficient (Wildman–Crippen LogP) is 2.21. The lowest BCUT2D eigenvalue weighted by Gasteiger charge is -2.07. The van der Waals surface area contributed by atoms with Gasteiger partial charge in [0.1, 0.15) is 30.2 Å². The number of rotatable bonds is 7. The molecule has 1 aromatic heterocycles. The Morgan fingerprint density at radius 2 is 2.18 bits per heavy atom. The topological polar surface area (TPSA) is 135 Å². The third kappa shape index (κ3) is 3.98. The fourth-order valence-electron chi connectivity index (χ4n) is 1.67. The summed E-state index contributed by atoms with van der Waals surface area (Å²) in [7, 11) is 0. The van der Waals surface area contributed by atoms with Crippen LogP contribution < -0.4 is 10.4 Å². The van der Waals surface area contributed by atoms with Crippen LogP contribution in [0.1, 0.15) is 0 Å². The summed E-state index contributed by atoms with van der Waals surface area (Å²) in [5.74, 6) is -0.616. The van der Waals surface area contributed by atoms with Crippen LogP contribution in [0.25, 0.3) is 21.4 Å². The molecule has 22 heavy (non-hydrogen) atoms. The average Bonchev–Trinajstić information content (AvgIpc) is 2.47. The van der Waals surface area contributed by atoms with Gasteiger partial charge in [0, 0.05) is 16.4 Å². The minimum absolute atomic E-state index is 0.115. The van der Waals surface area contributed by atoms with Crippen molar-refractivity contribution in [2.24, 2.45) is 5.11 Å². The largest absolute Gasteiger partial charge is 0.491 e. The SMILES string of the molecule is [N-]=[N+]=Nc1cc2ccc(OCCOCC(=O)O)cc2oc1=O. The van der Waals surface area contributed by atoms with E-state index in [-0.39, 0.29) is 24.5 Å². The van der Waals surface area contributed by atoms with Crippen LogP contribution in [0.5, 0.6) is 5.75 Å². The molecule has 1 aromatic carbocycles.